The van der Waals surface area contributed by atoms with E-state index < -0.39 is 10.8 Å². The number of benzene rings is 6. The normalized spacial score (nSPS) is 14.8. The number of H-pyrrole nitrogens is 2. The number of rotatable bonds is 0. The van der Waals surface area contributed by atoms with Gasteiger partial charge in [-0.1, -0.05) is 100 Å². The predicted molar refractivity (Wildman–Crippen MR) is 210 cm³/mol. The Morgan fingerprint density at radius 1 is 0.365 bits per heavy atom. The summed E-state index contributed by atoms with van der Waals surface area (Å²) in [5, 5.41) is 10.6. The number of aromatic nitrogens is 8. The van der Waals surface area contributed by atoms with E-state index >= 15 is 0 Å². The van der Waals surface area contributed by atoms with Crippen LogP contribution in [-0.2, 0) is 10.8 Å². The molecule has 2 N–H and O–H groups in total. The molecule has 3 aromatic heterocycles. The summed E-state index contributed by atoms with van der Waals surface area (Å²) in [5.74, 6) is 2.61. The van der Waals surface area contributed by atoms with Gasteiger partial charge >= 0.3 is 0 Å². The lowest BCUT2D eigenvalue weighted by atomic mass is 9.69. The van der Waals surface area contributed by atoms with Gasteiger partial charge in [-0.25, -0.2) is 29.9 Å². The van der Waals surface area contributed by atoms with Crippen LogP contribution in [0.2, 0.25) is 0 Å². The van der Waals surface area contributed by atoms with E-state index in [1.807, 2.05) is 0 Å². The molecule has 2 aliphatic heterocycles. The van der Waals surface area contributed by atoms with Crippen molar-refractivity contribution in [1.29, 1.82) is 0 Å². The fraction of sp³-hybridized carbons (Fsp3) is 0.136. The highest BCUT2D eigenvalue weighted by atomic mass is 15.1. The summed E-state index contributed by atoms with van der Waals surface area (Å²) >= 11 is 0. The van der Waals surface area contributed by atoms with Crippen molar-refractivity contribution in [2.45, 2.75) is 38.5 Å². The van der Waals surface area contributed by atoms with Crippen molar-refractivity contribution in [3.8, 4) is 22.8 Å². The molecule has 6 aromatic carbocycles. The van der Waals surface area contributed by atoms with Gasteiger partial charge in [-0.3, -0.25) is 0 Å². The van der Waals surface area contributed by atoms with Crippen LogP contribution in [0, 0.1) is 0 Å². The number of fused-ring (bicyclic) bond motifs is 20. The SMILES string of the molecule is CC1(C)c2nc(nc3[nH]c(nc4nc(nc5[nH]c(n2)c2cc6ccccc6cc52)-c2cc5ccccc5cc2-4)c2cc4ccccc4cc32)C1(C)C. The van der Waals surface area contributed by atoms with Crippen molar-refractivity contribution < 1.29 is 0 Å². The molecule has 248 valence electrons. The van der Waals surface area contributed by atoms with Crippen LogP contribution < -0.4 is 0 Å². The van der Waals surface area contributed by atoms with Gasteiger partial charge in [0.15, 0.2) is 11.6 Å². The minimum atomic E-state index is -0.438. The molecule has 0 fully saturated rings. The first-order valence-electron chi connectivity index (χ1n) is 17.6. The smallest absolute Gasteiger partial charge is 0.164 e. The van der Waals surface area contributed by atoms with E-state index in [1.54, 1.807) is 0 Å². The summed E-state index contributed by atoms with van der Waals surface area (Å²) in [5.41, 5.74) is 3.78. The van der Waals surface area contributed by atoms with Crippen LogP contribution in [0.15, 0.2) is 109 Å². The van der Waals surface area contributed by atoms with Gasteiger partial charge in [-0.2, -0.15) is 0 Å². The van der Waals surface area contributed by atoms with Crippen molar-refractivity contribution >= 4 is 76.5 Å². The second-order valence-electron chi connectivity index (χ2n) is 15.1. The third kappa shape index (κ3) is 4.03. The fourth-order valence-electron chi connectivity index (χ4n) is 7.80. The Hall–Kier alpha value is -6.54. The minimum absolute atomic E-state index is 0.438. The van der Waals surface area contributed by atoms with E-state index in [-0.39, 0.29) is 0 Å². The molecule has 0 spiro atoms. The van der Waals surface area contributed by atoms with Crippen LogP contribution in [0.25, 0.3) is 99.2 Å². The summed E-state index contributed by atoms with van der Waals surface area (Å²) in [6.07, 6.45) is 0. The van der Waals surface area contributed by atoms with Gasteiger partial charge in [0.1, 0.15) is 34.2 Å². The van der Waals surface area contributed by atoms with Gasteiger partial charge in [0.25, 0.3) is 0 Å². The molecule has 0 saturated carbocycles. The summed E-state index contributed by atoms with van der Waals surface area (Å²) < 4.78 is 0. The fourth-order valence-corrected chi connectivity index (χ4v) is 7.80. The summed E-state index contributed by atoms with van der Waals surface area (Å²) in [7, 11) is 0. The van der Waals surface area contributed by atoms with E-state index in [0.717, 1.165) is 65.0 Å². The Kier molecular flexibility index (Phi) is 5.64. The largest absolute Gasteiger partial charge is 0.324 e. The predicted octanol–water partition coefficient (Wildman–Crippen LogP) is 10.3. The average Bonchev–Trinajstić information content (AvgIpc) is 3.81. The van der Waals surface area contributed by atoms with E-state index in [2.05, 4.69) is 147 Å². The molecule has 0 unspecified atom stereocenters. The molecule has 2 aliphatic rings. The maximum atomic E-state index is 5.31. The third-order valence-corrected chi connectivity index (χ3v) is 11.6. The minimum Gasteiger partial charge on any atom is -0.324 e. The van der Waals surface area contributed by atoms with Gasteiger partial charge in [0.2, 0.25) is 0 Å². The topological polar surface area (TPSA) is 109 Å². The molecule has 5 heterocycles. The number of hydrogen-bond donors (Lipinski definition) is 2. The standard InChI is InChI=1S/C44H32N8/c1-43(2)41-50-39-33-21-27-15-9-7-13-25(27)19-31(33)37(48-39)46-35-29-17-23-11-5-6-12-24(23)18-30(29)36(45-35)47-38-32-20-26-14-8-10-16-28(26)22-34(32)40(49-38)51-42(52-41)44(43,3)4/h5-22H,1-4H3,(H2,45,46,47,48,49,50,51,52). The van der Waals surface area contributed by atoms with Crippen LogP contribution in [-0.4, -0.2) is 39.9 Å². The molecular weight excluding hydrogens is 641 g/mol. The van der Waals surface area contributed by atoms with Crippen molar-refractivity contribution in [3.63, 3.8) is 0 Å². The zero-order chi connectivity index (χ0) is 34.9. The van der Waals surface area contributed by atoms with Crippen LogP contribution in [0.4, 0.5) is 0 Å². The van der Waals surface area contributed by atoms with Crippen LogP contribution in [0.1, 0.15) is 39.3 Å². The molecule has 52 heavy (non-hydrogen) atoms. The lowest BCUT2D eigenvalue weighted by Crippen LogP contribution is -2.37. The Bertz CT molecular complexity index is 2990. The van der Waals surface area contributed by atoms with Crippen molar-refractivity contribution in [2.75, 3.05) is 0 Å². The van der Waals surface area contributed by atoms with Crippen LogP contribution >= 0.6 is 0 Å². The lowest BCUT2D eigenvalue weighted by molar-refractivity contribution is 0.310. The molecule has 9 aromatic rings. The number of nitrogens with one attached hydrogen (secondary N) is 2. The second kappa shape index (κ2) is 10.0. The molecule has 0 amide bonds. The summed E-state index contributed by atoms with van der Waals surface area (Å²) in [6.45, 7) is 8.80. The summed E-state index contributed by atoms with van der Waals surface area (Å²) in [6, 6.07) is 38.2. The molecule has 0 atom stereocenters. The van der Waals surface area contributed by atoms with Gasteiger partial charge in [-0.05, 0) is 68.7 Å². The second-order valence-corrected chi connectivity index (χ2v) is 15.1. The molecular formula is C44H32N8. The van der Waals surface area contributed by atoms with Crippen LogP contribution in [0.3, 0.4) is 0 Å². The molecule has 0 radical (unpaired) electrons. The Morgan fingerprint density at radius 3 is 1.02 bits per heavy atom. The highest BCUT2D eigenvalue weighted by Crippen LogP contribution is 2.45. The zero-order valence-electron chi connectivity index (χ0n) is 29.1. The van der Waals surface area contributed by atoms with Gasteiger partial charge in [0.05, 0.1) is 0 Å². The van der Waals surface area contributed by atoms with E-state index in [0.29, 0.717) is 45.9 Å². The average molecular weight is 673 g/mol. The first-order valence-corrected chi connectivity index (χ1v) is 17.6. The highest BCUT2D eigenvalue weighted by Gasteiger charge is 2.48. The molecule has 0 aliphatic carbocycles. The maximum absolute atomic E-state index is 5.31. The first-order chi connectivity index (χ1) is 25.2. The molecule has 11 rings (SSSR count). The van der Waals surface area contributed by atoms with E-state index in [9.17, 15) is 0 Å². The van der Waals surface area contributed by atoms with Crippen molar-refractivity contribution in [3.05, 3.63) is 121 Å². The molecule has 8 nitrogen and oxygen atoms in total. The van der Waals surface area contributed by atoms with E-state index in [4.69, 9.17) is 29.9 Å². The van der Waals surface area contributed by atoms with Gasteiger partial charge in [-0.15, -0.1) is 0 Å². The quantitative estimate of drug-likeness (QED) is 0.166. The Balaban J connectivity index is 1.36. The maximum Gasteiger partial charge on any atom is 0.164 e. The Labute approximate surface area is 297 Å². The van der Waals surface area contributed by atoms with E-state index in [1.165, 1.54) is 0 Å². The third-order valence-electron chi connectivity index (χ3n) is 11.6. The molecule has 8 bridgehead atoms. The number of nitrogens with zero attached hydrogens (tertiary/aromatic N) is 6. The first kappa shape index (κ1) is 29.2. The van der Waals surface area contributed by atoms with Crippen molar-refractivity contribution in [1.82, 2.24) is 39.9 Å². The molecule has 8 heteroatoms. The highest BCUT2D eigenvalue weighted by molar-refractivity contribution is 6.12. The summed E-state index contributed by atoms with van der Waals surface area (Å²) in [4.78, 5) is 38.8. The number of aromatic amines is 2. The lowest BCUT2D eigenvalue weighted by Gasteiger charge is -2.32. The van der Waals surface area contributed by atoms with Crippen molar-refractivity contribution in [2.24, 2.45) is 0 Å². The number of hydrogen-bond acceptors (Lipinski definition) is 6. The van der Waals surface area contributed by atoms with Crippen LogP contribution in [0.5, 0.6) is 0 Å². The monoisotopic (exact) mass is 672 g/mol. The zero-order valence-corrected chi connectivity index (χ0v) is 29.1. The van der Waals surface area contributed by atoms with Gasteiger partial charge < -0.3 is 9.97 Å². The molecule has 0 saturated heterocycles. The van der Waals surface area contributed by atoms with Gasteiger partial charge in [0, 0.05) is 43.5 Å². The Morgan fingerprint density at radius 2 is 0.673 bits per heavy atom.